The van der Waals surface area contributed by atoms with Crippen LogP contribution in [0.3, 0.4) is 0 Å². The molecule has 4 rings (SSSR count). The lowest BCUT2D eigenvalue weighted by molar-refractivity contribution is -0.145. The Morgan fingerprint density at radius 3 is 2.54 bits per heavy atom. The van der Waals surface area contributed by atoms with Crippen molar-refractivity contribution in [3.05, 3.63) is 30.6 Å². The Kier molecular flexibility index (Phi) is 4.69. The Hall–Kier alpha value is -2.70. The number of hydrogen-bond donors (Lipinski definition) is 2. The number of nitrogens with one attached hydrogen (secondary N) is 2. The van der Waals surface area contributed by atoms with Crippen LogP contribution in [0.5, 0.6) is 0 Å². The van der Waals surface area contributed by atoms with Gasteiger partial charge in [0.05, 0.1) is 11.6 Å². The van der Waals surface area contributed by atoms with Gasteiger partial charge in [0.25, 0.3) is 0 Å². The summed E-state index contributed by atoms with van der Waals surface area (Å²) in [5.41, 5.74) is 1.78. The number of anilines is 1. The fourth-order valence-corrected chi connectivity index (χ4v) is 3.73. The van der Waals surface area contributed by atoms with E-state index in [-0.39, 0.29) is 23.7 Å². The zero-order valence-corrected chi connectivity index (χ0v) is 14.6. The number of aromatic nitrogens is 3. The molecule has 136 valence electrons. The van der Waals surface area contributed by atoms with Crippen molar-refractivity contribution in [3.8, 4) is 11.3 Å². The average molecular weight is 353 g/mol. The third kappa shape index (κ3) is 3.47. The van der Waals surface area contributed by atoms with E-state index in [1.807, 2.05) is 17.0 Å². The smallest absolute Gasteiger partial charge is 0.232 e. The van der Waals surface area contributed by atoms with E-state index in [2.05, 4.69) is 20.5 Å². The summed E-state index contributed by atoms with van der Waals surface area (Å²) < 4.78 is 0. The van der Waals surface area contributed by atoms with Crippen LogP contribution >= 0.6 is 0 Å². The van der Waals surface area contributed by atoms with E-state index in [9.17, 15) is 9.59 Å². The minimum atomic E-state index is -0.149. The van der Waals surface area contributed by atoms with Gasteiger partial charge in [-0.2, -0.15) is 5.10 Å². The minimum absolute atomic E-state index is 0.0783. The van der Waals surface area contributed by atoms with Crippen LogP contribution in [0.15, 0.2) is 30.6 Å². The van der Waals surface area contributed by atoms with Crippen LogP contribution in [0.25, 0.3) is 11.3 Å². The standard InChI is InChI=1S/C19H23N5O2/c25-18(15-11-24(12-15)19(26)14-4-2-1-3-5-14)21-17-10-16(22-23-17)13-6-8-20-9-7-13/h6-10,14-15H,1-5,11-12H2,(H2,21,22,23,25). The molecule has 0 radical (unpaired) electrons. The van der Waals surface area contributed by atoms with Crippen molar-refractivity contribution in [1.29, 1.82) is 0 Å². The highest BCUT2D eigenvalue weighted by molar-refractivity contribution is 5.94. The summed E-state index contributed by atoms with van der Waals surface area (Å²) in [5, 5.41) is 9.90. The number of pyridine rings is 1. The summed E-state index contributed by atoms with van der Waals surface area (Å²) in [4.78, 5) is 30.6. The van der Waals surface area contributed by atoms with Gasteiger partial charge >= 0.3 is 0 Å². The van der Waals surface area contributed by atoms with Crippen molar-refractivity contribution in [2.24, 2.45) is 11.8 Å². The molecule has 7 nitrogen and oxygen atoms in total. The van der Waals surface area contributed by atoms with E-state index < -0.39 is 0 Å². The average Bonchev–Trinajstić information content (AvgIpc) is 3.10. The van der Waals surface area contributed by atoms with Crippen LogP contribution < -0.4 is 5.32 Å². The van der Waals surface area contributed by atoms with Gasteiger partial charge in [-0.3, -0.25) is 19.7 Å². The van der Waals surface area contributed by atoms with Crippen LogP contribution in [0.2, 0.25) is 0 Å². The van der Waals surface area contributed by atoms with Crippen LogP contribution in [-0.4, -0.2) is 45.0 Å². The first-order valence-electron chi connectivity index (χ1n) is 9.26. The monoisotopic (exact) mass is 353 g/mol. The summed E-state index contributed by atoms with van der Waals surface area (Å²) in [6, 6.07) is 5.55. The van der Waals surface area contributed by atoms with Gasteiger partial charge in [0.2, 0.25) is 11.8 Å². The quantitative estimate of drug-likeness (QED) is 0.883. The van der Waals surface area contributed by atoms with Crippen LogP contribution in [0.4, 0.5) is 5.82 Å². The number of carbonyl (C=O) groups excluding carboxylic acids is 2. The van der Waals surface area contributed by atoms with Gasteiger partial charge in [-0.15, -0.1) is 0 Å². The summed E-state index contributed by atoms with van der Waals surface area (Å²) in [6.07, 6.45) is 8.94. The lowest BCUT2D eigenvalue weighted by Crippen LogP contribution is -2.56. The highest BCUT2D eigenvalue weighted by Gasteiger charge is 2.38. The van der Waals surface area contributed by atoms with Crippen molar-refractivity contribution in [2.45, 2.75) is 32.1 Å². The zero-order chi connectivity index (χ0) is 17.9. The first-order chi connectivity index (χ1) is 12.7. The molecule has 2 N–H and O–H groups in total. The fraction of sp³-hybridized carbons (Fsp3) is 0.474. The molecule has 1 saturated carbocycles. The van der Waals surface area contributed by atoms with Gasteiger partial charge in [-0.05, 0) is 25.0 Å². The largest absolute Gasteiger partial charge is 0.341 e. The van der Waals surface area contributed by atoms with Crippen LogP contribution in [0.1, 0.15) is 32.1 Å². The Bertz CT molecular complexity index is 776. The first-order valence-corrected chi connectivity index (χ1v) is 9.26. The molecule has 0 atom stereocenters. The van der Waals surface area contributed by atoms with Crippen LogP contribution in [0, 0.1) is 11.8 Å². The molecular weight excluding hydrogens is 330 g/mol. The molecular formula is C19H23N5O2. The van der Waals surface area contributed by atoms with Gasteiger partial charge in [0.1, 0.15) is 0 Å². The third-order valence-electron chi connectivity index (χ3n) is 5.34. The van der Waals surface area contributed by atoms with E-state index in [1.54, 1.807) is 18.5 Å². The lowest BCUT2D eigenvalue weighted by atomic mass is 9.86. The number of H-pyrrole nitrogens is 1. The van der Waals surface area contributed by atoms with E-state index in [0.29, 0.717) is 18.9 Å². The molecule has 0 spiro atoms. The van der Waals surface area contributed by atoms with Crippen molar-refractivity contribution < 1.29 is 9.59 Å². The van der Waals surface area contributed by atoms with Crippen molar-refractivity contribution in [3.63, 3.8) is 0 Å². The Morgan fingerprint density at radius 1 is 1.08 bits per heavy atom. The number of hydrogen-bond acceptors (Lipinski definition) is 4. The second-order valence-electron chi connectivity index (χ2n) is 7.17. The fourth-order valence-electron chi connectivity index (χ4n) is 3.73. The topological polar surface area (TPSA) is 91.0 Å². The van der Waals surface area contributed by atoms with Crippen LogP contribution in [-0.2, 0) is 9.59 Å². The summed E-state index contributed by atoms with van der Waals surface area (Å²) in [5.74, 6) is 0.670. The molecule has 1 aliphatic heterocycles. The maximum atomic E-state index is 12.4. The maximum absolute atomic E-state index is 12.4. The van der Waals surface area contributed by atoms with Crippen molar-refractivity contribution >= 4 is 17.6 Å². The van der Waals surface area contributed by atoms with Gasteiger partial charge in [0, 0.05) is 43.0 Å². The molecule has 1 aliphatic carbocycles. The maximum Gasteiger partial charge on any atom is 0.232 e. The molecule has 3 heterocycles. The van der Waals surface area contributed by atoms with Crippen molar-refractivity contribution in [1.82, 2.24) is 20.1 Å². The molecule has 2 amide bonds. The second kappa shape index (κ2) is 7.27. The predicted molar refractivity (Wildman–Crippen MR) is 97.1 cm³/mol. The Labute approximate surface area is 152 Å². The highest BCUT2D eigenvalue weighted by atomic mass is 16.2. The van der Waals surface area contributed by atoms with E-state index in [4.69, 9.17) is 0 Å². The van der Waals surface area contributed by atoms with Gasteiger partial charge in [0.15, 0.2) is 5.82 Å². The van der Waals surface area contributed by atoms with E-state index >= 15 is 0 Å². The third-order valence-corrected chi connectivity index (χ3v) is 5.34. The predicted octanol–water partition coefficient (Wildman–Crippen LogP) is 2.45. The number of aromatic amines is 1. The number of rotatable bonds is 4. The molecule has 1 saturated heterocycles. The van der Waals surface area contributed by atoms with Gasteiger partial charge in [-0.1, -0.05) is 19.3 Å². The minimum Gasteiger partial charge on any atom is -0.341 e. The Balaban J connectivity index is 1.29. The summed E-state index contributed by atoms with van der Waals surface area (Å²) >= 11 is 0. The molecule has 0 bridgehead atoms. The number of amides is 2. The number of nitrogens with zero attached hydrogens (tertiary/aromatic N) is 3. The zero-order valence-electron chi connectivity index (χ0n) is 14.6. The van der Waals surface area contributed by atoms with Crippen molar-refractivity contribution in [2.75, 3.05) is 18.4 Å². The molecule has 2 aliphatic rings. The number of carbonyl (C=O) groups is 2. The van der Waals surface area contributed by atoms with E-state index in [1.165, 1.54) is 6.42 Å². The summed E-state index contributed by atoms with van der Waals surface area (Å²) in [7, 11) is 0. The normalized spacial score (nSPS) is 18.4. The van der Waals surface area contributed by atoms with Gasteiger partial charge in [-0.25, -0.2) is 0 Å². The lowest BCUT2D eigenvalue weighted by Gasteiger charge is -2.40. The summed E-state index contributed by atoms with van der Waals surface area (Å²) in [6.45, 7) is 1.03. The van der Waals surface area contributed by atoms with Gasteiger partial charge < -0.3 is 10.2 Å². The molecule has 2 aromatic heterocycles. The molecule has 0 unspecified atom stereocenters. The number of likely N-dealkylation sites (tertiary alicyclic amines) is 1. The molecule has 26 heavy (non-hydrogen) atoms. The van der Waals surface area contributed by atoms with E-state index in [0.717, 1.165) is 36.9 Å². The molecule has 0 aromatic carbocycles. The molecule has 2 aromatic rings. The Morgan fingerprint density at radius 2 is 1.81 bits per heavy atom. The SMILES string of the molecule is O=C(Nc1cc(-c2ccncc2)[nH]n1)C1CN(C(=O)C2CCCCC2)C1. The highest BCUT2D eigenvalue weighted by Crippen LogP contribution is 2.29. The second-order valence-corrected chi connectivity index (χ2v) is 7.17. The first kappa shape index (κ1) is 16.8. The molecule has 2 fully saturated rings. The molecule has 7 heteroatoms.